The van der Waals surface area contributed by atoms with Crippen LogP contribution in [0, 0.1) is 10.1 Å². The number of non-ortho nitro benzene ring substituents is 1. The average Bonchev–Trinajstić information content (AvgIpc) is 3.27. The van der Waals surface area contributed by atoms with Gasteiger partial charge >= 0.3 is 5.97 Å². The lowest BCUT2D eigenvalue weighted by molar-refractivity contribution is -0.384. The van der Waals surface area contributed by atoms with Crippen molar-refractivity contribution in [3.05, 3.63) is 98.9 Å². The number of fused-ring (bicyclic) bond motifs is 1. The number of carbonyl (C=O) groups excluding carboxylic acids is 2. The van der Waals surface area contributed by atoms with Crippen LogP contribution >= 0.6 is 15.9 Å². The number of amides is 1. The van der Waals surface area contributed by atoms with Crippen LogP contribution in [0.3, 0.4) is 0 Å². The van der Waals surface area contributed by atoms with Gasteiger partial charge in [-0.05, 0) is 34.1 Å². The number of hydrogen-bond acceptors (Lipinski definition) is 7. The molecular formula is C21H14BrN5O5. The summed E-state index contributed by atoms with van der Waals surface area (Å²) in [6.45, 7) is 0. The molecule has 1 N–H and O–H groups in total. The van der Waals surface area contributed by atoms with Crippen molar-refractivity contribution in [3.63, 3.8) is 0 Å². The summed E-state index contributed by atoms with van der Waals surface area (Å²) in [6, 6.07) is 15.6. The Morgan fingerprint density at radius 3 is 2.62 bits per heavy atom. The Morgan fingerprint density at radius 2 is 1.91 bits per heavy atom. The summed E-state index contributed by atoms with van der Waals surface area (Å²) < 4.78 is 7.43. The van der Waals surface area contributed by atoms with Crippen molar-refractivity contribution >= 4 is 44.8 Å². The predicted octanol–water partition coefficient (Wildman–Crippen LogP) is 3.94. The number of pyridine rings is 1. The Hall–Kier alpha value is -4.12. The Labute approximate surface area is 189 Å². The molecule has 0 aliphatic rings. The van der Waals surface area contributed by atoms with E-state index in [-0.39, 0.29) is 11.3 Å². The summed E-state index contributed by atoms with van der Waals surface area (Å²) in [7, 11) is 0. The number of rotatable bonds is 6. The molecule has 160 valence electrons. The maximum Gasteiger partial charge on any atom is 0.340 e. The van der Waals surface area contributed by atoms with E-state index in [1.165, 1.54) is 36.8 Å². The van der Waals surface area contributed by atoms with E-state index in [0.29, 0.717) is 21.4 Å². The van der Waals surface area contributed by atoms with Crippen LogP contribution in [0.4, 0.5) is 11.4 Å². The zero-order chi connectivity index (χ0) is 22.7. The second-order valence-electron chi connectivity index (χ2n) is 6.62. The van der Waals surface area contributed by atoms with Gasteiger partial charge in [0.1, 0.15) is 6.33 Å². The Kier molecular flexibility index (Phi) is 5.90. The van der Waals surface area contributed by atoms with Crippen LogP contribution in [0.15, 0.2) is 77.7 Å². The number of nitro benzene ring substituents is 1. The Bertz CT molecular complexity index is 1320. The van der Waals surface area contributed by atoms with Gasteiger partial charge in [-0.15, -0.1) is 10.2 Å². The molecule has 10 nitrogen and oxygen atoms in total. The number of anilines is 1. The van der Waals surface area contributed by atoms with E-state index in [4.69, 9.17) is 4.74 Å². The first-order chi connectivity index (χ1) is 15.4. The van der Waals surface area contributed by atoms with E-state index in [1.807, 2.05) is 0 Å². The van der Waals surface area contributed by atoms with Gasteiger partial charge in [0.2, 0.25) is 6.10 Å². The largest absolute Gasteiger partial charge is 0.444 e. The van der Waals surface area contributed by atoms with Gasteiger partial charge in [-0.2, -0.15) is 0 Å². The lowest BCUT2D eigenvalue weighted by Gasteiger charge is -2.18. The van der Waals surface area contributed by atoms with Crippen molar-refractivity contribution in [2.75, 3.05) is 5.32 Å². The molecule has 4 rings (SSSR count). The summed E-state index contributed by atoms with van der Waals surface area (Å²) >= 11 is 3.21. The lowest BCUT2D eigenvalue weighted by atomic mass is 10.1. The van der Waals surface area contributed by atoms with Crippen molar-refractivity contribution in [2.45, 2.75) is 6.10 Å². The van der Waals surface area contributed by atoms with E-state index in [9.17, 15) is 19.7 Å². The number of halogens is 1. The number of hydrogen-bond donors (Lipinski definition) is 1. The van der Waals surface area contributed by atoms with Gasteiger partial charge in [-0.1, -0.05) is 30.3 Å². The zero-order valence-corrected chi connectivity index (χ0v) is 17.8. The molecule has 0 aliphatic carbocycles. The van der Waals surface area contributed by atoms with Gasteiger partial charge in [-0.25, -0.2) is 4.79 Å². The number of esters is 1. The minimum Gasteiger partial charge on any atom is -0.444 e. The number of nitrogens with one attached hydrogen (secondary N) is 1. The van der Waals surface area contributed by atoms with Crippen LogP contribution in [0.25, 0.3) is 5.65 Å². The van der Waals surface area contributed by atoms with Crippen molar-refractivity contribution in [1.29, 1.82) is 0 Å². The second kappa shape index (κ2) is 8.94. The maximum absolute atomic E-state index is 13.1. The fraction of sp³-hybridized carbons (Fsp3) is 0.0476. The number of nitrogens with zero attached hydrogens (tertiary/aromatic N) is 4. The van der Waals surface area contributed by atoms with Gasteiger partial charge in [0.05, 0.1) is 16.2 Å². The van der Waals surface area contributed by atoms with Crippen LogP contribution in [-0.4, -0.2) is 31.4 Å². The Balaban J connectivity index is 1.60. The summed E-state index contributed by atoms with van der Waals surface area (Å²) in [5, 5.41) is 21.2. The molecule has 1 unspecified atom stereocenters. The fourth-order valence-electron chi connectivity index (χ4n) is 2.94. The molecule has 0 radical (unpaired) electrons. The first-order valence-electron chi connectivity index (χ1n) is 9.22. The van der Waals surface area contributed by atoms with Gasteiger partial charge in [0.25, 0.3) is 11.6 Å². The van der Waals surface area contributed by atoms with E-state index in [0.717, 1.165) is 0 Å². The monoisotopic (exact) mass is 495 g/mol. The van der Waals surface area contributed by atoms with Crippen LogP contribution in [0.5, 0.6) is 0 Å². The summed E-state index contributed by atoms with van der Waals surface area (Å²) in [6.07, 6.45) is 1.69. The molecule has 4 aromatic rings. The molecule has 1 atom stereocenters. The molecule has 0 fully saturated rings. The van der Waals surface area contributed by atoms with Gasteiger partial charge in [-0.3, -0.25) is 19.3 Å². The fourth-order valence-corrected chi connectivity index (χ4v) is 3.41. The number of nitro groups is 1. The third-order valence-electron chi connectivity index (χ3n) is 4.51. The SMILES string of the molecule is O=C(OC(C(=O)Nc1ccc([N+](=O)[O-])cc1Br)c1ccccc1)c1ccc2nncn2c1. The summed E-state index contributed by atoms with van der Waals surface area (Å²) in [4.78, 5) is 36.2. The quantitative estimate of drug-likeness (QED) is 0.243. The van der Waals surface area contributed by atoms with E-state index < -0.39 is 22.9 Å². The van der Waals surface area contributed by atoms with Crippen LogP contribution in [-0.2, 0) is 9.53 Å². The third kappa shape index (κ3) is 4.47. The highest BCUT2D eigenvalue weighted by Gasteiger charge is 2.27. The molecule has 0 spiro atoms. The first kappa shape index (κ1) is 21.1. The van der Waals surface area contributed by atoms with Crippen LogP contribution in [0.1, 0.15) is 22.0 Å². The number of benzene rings is 2. The van der Waals surface area contributed by atoms with Crippen molar-refractivity contribution in [1.82, 2.24) is 14.6 Å². The zero-order valence-electron chi connectivity index (χ0n) is 16.2. The van der Waals surface area contributed by atoms with E-state index in [2.05, 4.69) is 31.4 Å². The summed E-state index contributed by atoms with van der Waals surface area (Å²) in [5.41, 5.74) is 1.39. The normalized spacial score (nSPS) is 11.7. The lowest BCUT2D eigenvalue weighted by Crippen LogP contribution is -2.26. The van der Waals surface area contributed by atoms with Gasteiger partial charge in [0.15, 0.2) is 5.65 Å². The Morgan fingerprint density at radius 1 is 1.12 bits per heavy atom. The maximum atomic E-state index is 13.1. The molecule has 2 heterocycles. The number of ether oxygens (including phenoxy) is 1. The molecule has 2 aromatic carbocycles. The molecule has 11 heteroatoms. The highest BCUT2D eigenvalue weighted by atomic mass is 79.9. The number of carbonyl (C=O) groups is 2. The van der Waals surface area contributed by atoms with E-state index >= 15 is 0 Å². The molecule has 0 aliphatic heterocycles. The molecular weight excluding hydrogens is 482 g/mol. The smallest absolute Gasteiger partial charge is 0.340 e. The van der Waals surface area contributed by atoms with Crippen LogP contribution in [0.2, 0.25) is 0 Å². The third-order valence-corrected chi connectivity index (χ3v) is 5.17. The average molecular weight is 496 g/mol. The topological polar surface area (TPSA) is 129 Å². The minimum absolute atomic E-state index is 0.134. The first-order valence-corrected chi connectivity index (χ1v) is 10.0. The van der Waals surface area contributed by atoms with Crippen molar-refractivity contribution in [2.24, 2.45) is 0 Å². The molecule has 0 saturated carbocycles. The second-order valence-corrected chi connectivity index (χ2v) is 7.48. The number of aromatic nitrogens is 3. The molecule has 32 heavy (non-hydrogen) atoms. The van der Waals surface area contributed by atoms with Crippen molar-refractivity contribution in [3.8, 4) is 0 Å². The predicted molar refractivity (Wildman–Crippen MR) is 117 cm³/mol. The van der Waals surface area contributed by atoms with Gasteiger partial charge < -0.3 is 10.1 Å². The van der Waals surface area contributed by atoms with Crippen molar-refractivity contribution < 1.29 is 19.2 Å². The molecule has 0 saturated heterocycles. The highest BCUT2D eigenvalue weighted by molar-refractivity contribution is 9.10. The highest BCUT2D eigenvalue weighted by Crippen LogP contribution is 2.29. The van der Waals surface area contributed by atoms with E-state index in [1.54, 1.807) is 40.8 Å². The minimum atomic E-state index is -1.26. The molecule has 0 bridgehead atoms. The van der Waals surface area contributed by atoms with Gasteiger partial charge in [0, 0.05) is 28.4 Å². The molecule has 1 amide bonds. The summed E-state index contributed by atoms with van der Waals surface area (Å²) in [5.74, 6) is -1.34. The standard InChI is InChI=1S/C21H14BrN5O5/c22-16-10-15(27(30)31)7-8-17(16)24-20(28)19(13-4-2-1-3-5-13)32-21(29)14-6-9-18-25-23-12-26(18)11-14/h1-12,19H,(H,24,28). The molecule has 2 aromatic heterocycles. The van der Waals surface area contributed by atoms with Crippen LogP contribution < -0.4 is 5.32 Å².